The molecule has 0 fully saturated rings. The molecule has 1 aliphatic carbocycles. The first kappa shape index (κ1) is 9.53. The van der Waals surface area contributed by atoms with Crippen LogP contribution in [-0.2, 0) is 10.3 Å². The van der Waals surface area contributed by atoms with Crippen LogP contribution in [0.1, 0.15) is 6.42 Å². The molecular weight excluding hydrogens is 192 g/mol. The predicted molar refractivity (Wildman–Crippen MR) is 48.5 cm³/mol. The lowest BCUT2D eigenvalue weighted by molar-refractivity contribution is 0.251. The van der Waals surface area contributed by atoms with Gasteiger partial charge in [0.1, 0.15) is 0 Å². The molecule has 70 valence electrons. The van der Waals surface area contributed by atoms with Gasteiger partial charge in [-0.05, 0) is 12.2 Å². The second-order valence-corrected chi connectivity index (χ2v) is 3.39. The maximum Gasteiger partial charge on any atom is 0.316 e. The summed E-state index contributed by atoms with van der Waals surface area (Å²) in [6.07, 6.45) is 4.95. The van der Waals surface area contributed by atoms with Gasteiger partial charge >= 0.3 is 6.03 Å². The number of carbonyl (C=O) groups is 1. The first-order valence-electron chi connectivity index (χ1n) is 3.49. The van der Waals surface area contributed by atoms with Crippen molar-refractivity contribution in [3.8, 4) is 0 Å². The first-order chi connectivity index (χ1) is 6.09. The monoisotopic (exact) mass is 200 g/mol. The third kappa shape index (κ3) is 2.75. The zero-order valence-electron chi connectivity index (χ0n) is 6.65. The maximum atomic E-state index is 10.5. The molecule has 0 spiro atoms. The summed E-state index contributed by atoms with van der Waals surface area (Å²) in [6, 6.07) is -0.714. The second kappa shape index (κ2) is 3.90. The quantitative estimate of drug-likeness (QED) is 0.562. The molecule has 2 amide bonds. The molecule has 0 saturated carbocycles. The van der Waals surface area contributed by atoms with E-state index >= 15 is 0 Å². The zero-order valence-corrected chi connectivity index (χ0v) is 7.47. The summed E-state index contributed by atoms with van der Waals surface area (Å²) in [7, 11) is -2.24. The Morgan fingerprint density at radius 2 is 2.23 bits per heavy atom. The standard InChI is InChI=1S/C7H8N2O3S/c8-7(10)9-5-2-1-3-6(4-5)13(11)12/h1-2,4H,3H2,(H3,8,9,10). The topological polar surface area (TPSA) is 89.3 Å². The Morgan fingerprint density at radius 3 is 2.77 bits per heavy atom. The van der Waals surface area contributed by atoms with E-state index in [1.165, 1.54) is 6.08 Å². The van der Waals surface area contributed by atoms with Crippen LogP contribution in [0.25, 0.3) is 0 Å². The molecule has 0 aromatic heterocycles. The van der Waals surface area contributed by atoms with Crippen LogP contribution in [-0.4, -0.2) is 19.3 Å². The lowest BCUT2D eigenvalue weighted by atomic mass is 10.1. The molecule has 5 nitrogen and oxygen atoms in total. The molecule has 0 heterocycles. The Labute approximate surface area is 76.5 Å². The zero-order chi connectivity index (χ0) is 9.84. The van der Waals surface area contributed by atoms with E-state index in [9.17, 15) is 13.2 Å². The van der Waals surface area contributed by atoms with E-state index < -0.39 is 16.3 Å². The van der Waals surface area contributed by atoms with Gasteiger partial charge in [-0.1, -0.05) is 6.08 Å². The fourth-order valence-electron chi connectivity index (χ4n) is 0.919. The van der Waals surface area contributed by atoms with E-state index in [-0.39, 0.29) is 4.86 Å². The van der Waals surface area contributed by atoms with Gasteiger partial charge in [-0.3, -0.25) is 0 Å². The summed E-state index contributed by atoms with van der Waals surface area (Å²) in [5.41, 5.74) is 5.24. The molecule has 6 heteroatoms. The van der Waals surface area contributed by atoms with Crippen LogP contribution < -0.4 is 11.1 Å². The highest BCUT2D eigenvalue weighted by atomic mass is 32.2. The van der Waals surface area contributed by atoms with Crippen molar-refractivity contribution in [3.63, 3.8) is 0 Å². The van der Waals surface area contributed by atoms with Crippen molar-refractivity contribution in [1.82, 2.24) is 5.32 Å². The highest BCUT2D eigenvalue weighted by Crippen LogP contribution is 2.04. The van der Waals surface area contributed by atoms with Gasteiger partial charge in [0.15, 0.2) is 0 Å². The summed E-state index contributed by atoms with van der Waals surface area (Å²) >= 11 is 0. The smallest absolute Gasteiger partial charge is 0.316 e. The molecule has 0 radical (unpaired) electrons. The molecule has 0 aromatic carbocycles. The van der Waals surface area contributed by atoms with Gasteiger partial charge in [0.25, 0.3) is 0 Å². The van der Waals surface area contributed by atoms with Crippen LogP contribution >= 0.6 is 0 Å². The number of nitrogens with two attached hydrogens (primary N) is 1. The first-order valence-corrected chi connectivity index (χ1v) is 4.57. The molecule has 3 N–H and O–H groups in total. The number of primary amides is 1. The summed E-state index contributed by atoms with van der Waals surface area (Å²) in [4.78, 5) is 10.6. The average molecular weight is 200 g/mol. The SMILES string of the molecule is NC(=O)NC1=CC(=S(=O)=O)CC=C1. The van der Waals surface area contributed by atoms with Gasteiger partial charge in [0.2, 0.25) is 10.3 Å². The molecular formula is C7H8N2O3S. The largest absolute Gasteiger partial charge is 0.351 e. The summed E-state index contributed by atoms with van der Waals surface area (Å²) in [5.74, 6) is 0. The van der Waals surface area contributed by atoms with Crippen molar-refractivity contribution in [3.05, 3.63) is 23.9 Å². The molecule has 0 aliphatic heterocycles. The fraction of sp³-hybridized carbons (Fsp3) is 0.143. The molecule has 0 bridgehead atoms. The lowest BCUT2D eigenvalue weighted by Gasteiger charge is -2.06. The van der Waals surface area contributed by atoms with Crippen molar-refractivity contribution in [2.45, 2.75) is 6.42 Å². The summed E-state index contributed by atoms with van der Waals surface area (Å²) in [6.45, 7) is 0. The van der Waals surface area contributed by atoms with Crippen LogP contribution in [0.4, 0.5) is 4.79 Å². The Morgan fingerprint density at radius 1 is 1.54 bits per heavy atom. The number of allylic oxidation sites excluding steroid dienone is 3. The minimum absolute atomic E-state index is 0.228. The highest BCUT2D eigenvalue weighted by Gasteiger charge is 2.05. The minimum atomic E-state index is -2.24. The number of carbonyl (C=O) groups excluding carboxylic acids is 1. The number of hydrogen-bond acceptors (Lipinski definition) is 3. The third-order valence-corrected chi connectivity index (χ3v) is 2.13. The van der Waals surface area contributed by atoms with Crippen molar-refractivity contribution < 1.29 is 13.2 Å². The van der Waals surface area contributed by atoms with E-state index in [1.54, 1.807) is 12.2 Å². The van der Waals surface area contributed by atoms with Crippen LogP contribution in [0, 0.1) is 0 Å². The number of hydrogen-bond donors (Lipinski definition) is 2. The van der Waals surface area contributed by atoms with Crippen molar-refractivity contribution >= 4 is 21.2 Å². The Bertz CT molecular complexity index is 409. The summed E-state index contributed by atoms with van der Waals surface area (Å²) in [5, 5.41) is 2.29. The van der Waals surface area contributed by atoms with Gasteiger partial charge in [-0.15, -0.1) is 0 Å². The van der Waals surface area contributed by atoms with Crippen molar-refractivity contribution in [2.24, 2.45) is 5.73 Å². The molecule has 1 aliphatic rings. The van der Waals surface area contributed by atoms with Crippen LogP contribution in [0.2, 0.25) is 0 Å². The average Bonchev–Trinajstić information content (AvgIpc) is 2.03. The highest BCUT2D eigenvalue weighted by molar-refractivity contribution is 7.73. The van der Waals surface area contributed by atoms with E-state index in [0.29, 0.717) is 12.1 Å². The Kier molecular flexibility index (Phi) is 2.86. The van der Waals surface area contributed by atoms with Gasteiger partial charge in [0, 0.05) is 12.1 Å². The molecule has 13 heavy (non-hydrogen) atoms. The van der Waals surface area contributed by atoms with Crippen LogP contribution in [0.15, 0.2) is 23.9 Å². The van der Waals surface area contributed by atoms with E-state index in [2.05, 4.69) is 5.32 Å². The van der Waals surface area contributed by atoms with E-state index in [0.717, 1.165) is 0 Å². The Balaban J connectivity index is 2.94. The summed E-state index contributed by atoms with van der Waals surface area (Å²) < 4.78 is 21.1. The minimum Gasteiger partial charge on any atom is -0.351 e. The lowest BCUT2D eigenvalue weighted by Crippen LogP contribution is -2.29. The van der Waals surface area contributed by atoms with Crippen LogP contribution in [0.3, 0.4) is 0 Å². The maximum absolute atomic E-state index is 10.5. The van der Waals surface area contributed by atoms with Gasteiger partial charge < -0.3 is 11.1 Å². The van der Waals surface area contributed by atoms with Crippen molar-refractivity contribution in [2.75, 3.05) is 0 Å². The number of urea groups is 1. The molecule has 0 unspecified atom stereocenters. The molecule has 0 aromatic rings. The predicted octanol–water partition coefficient (Wildman–Crippen LogP) is -0.450. The van der Waals surface area contributed by atoms with Crippen molar-refractivity contribution in [1.29, 1.82) is 0 Å². The van der Waals surface area contributed by atoms with Crippen LogP contribution in [0.5, 0.6) is 0 Å². The van der Waals surface area contributed by atoms with Gasteiger partial charge in [-0.25, -0.2) is 4.79 Å². The fourth-order valence-corrected chi connectivity index (χ4v) is 1.37. The Hall–Kier alpha value is -1.56. The molecule has 0 saturated heterocycles. The molecule has 1 rings (SSSR count). The number of rotatable bonds is 1. The van der Waals surface area contributed by atoms with E-state index in [1.807, 2.05) is 0 Å². The normalized spacial score (nSPS) is 15.1. The second-order valence-electron chi connectivity index (χ2n) is 2.40. The van der Waals surface area contributed by atoms with Gasteiger partial charge in [0.05, 0.1) is 4.86 Å². The van der Waals surface area contributed by atoms with Gasteiger partial charge in [-0.2, -0.15) is 8.42 Å². The molecule has 0 atom stereocenters. The van der Waals surface area contributed by atoms with E-state index in [4.69, 9.17) is 5.73 Å². The number of nitrogens with one attached hydrogen (secondary N) is 1. The third-order valence-electron chi connectivity index (χ3n) is 1.41. The number of amides is 2.